The van der Waals surface area contributed by atoms with E-state index in [2.05, 4.69) is 27.1 Å². The molecule has 1 aromatic heterocycles. The van der Waals surface area contributed by atoms with Crippen molar-refractivity contribution < 1.29 is 14.6 Å². The van der Waals surface area contributed by atoms with E-state index in [-0.39, 0.29) is 12.0 Å². The Kier molecular flexibility index (Phi) is 4.83. The van der Waals surface area contributed by atoms with Crippen LogP contribution in [0.4, 0.5) is 11.6 Å². The molecule has 0 aliphatic carbocycles. The normalized spacial score (nSPS) is 19.7. The molecule has 0 bridgehead atoms. The molecule has 1 atom stereocenters. The zero-order valence-corrected chi connectivity index (χ0v) is 15.4. The fraction of sp³-hybridized carbons (Fsp3) is 0.450. The molecular formula is C20H24N4O3. The van der Waals surface area contributed by atoms with Gasteiger partial charge in [-0.3, -0.25) is 4.79 Å². The molecular weight excluding hydrogens is 344 g/mol. The van der Waals surface area contributed by atoms with Gasteiger partial charge < -0.3 is 20.1 Å². The van der Waals surface area contributed by atoms with Gasteiger partial charge in [0.1, 0.15) is 11.9 Å². The number of ether oxygens (including phenoxy) is 1. The van der Waals surface area contributed by atoms with Crippen LogP contribution in [-0.4, -0.2) is 46.8 Å². The number of piperidine rings is 1. The predicted molar refractivity (Wildman–Crippen MR) is 103 cm³/mol. The van der Waals surface area contributed by atoms with Gasteiger partial charge >= 0.3 is 5.97 Å². The number of aliphatic carboxylic acids is 1. The van der Waals surface area contributed by atoms with Crippen LogP contribution in [0.5, 0.6) is 5.75 Å². The van der Waals surface area contributed by atoms with Crippen molar-refractivity contribution in [1.29, 1.82) is 0 Å². The Balaban J connectivity index is 1.47. The van der Waals surface area contributed by atoms with E-state index in [1.807, 2.05) is 30.6 Å². The van der Waals surface area contributed by atoms with Crippen LogP contribution in [0.3, 0.4) is 0 Å². The highest BCUT2D eigenvalue weighted by Gasteiger charge is 2.25. The summed E-state index contributed by atoms with van der Waals surface area (Å²) < 4.78 is 6.03. The minimum Gasteiger partial charge on any atom is -0.486 e. The van der Waals surface area contributed by atoms with Crippen molar-refractivity contribution in [2.24, 2.45) is 5.92 Å². The summed E-state index contributed by atoms with van der Waals surface area (Å²) in [6.45, 7) is 4.30. The van der Waals surface area contributed by atoms with Crippen molar-refractivity contribution in [3.8, 4) is 16.9 Å². The lowest BCUT2D eigenvalue weighted by molar-refractivity contribution is -0.142. The van der Waals surface area contributed by atoms with Gasteiger partial charge in [-0.05, 0) is 37.0 Å². The third-order valence-corrected chi connectivity index (χ3v) is 5.35. The van der Waals surface area contributed by atoms with Crippen LogP contribution in [0.1, 0.15) is 26.2 Å². The zero-order valence-electron chi connectivity index (χ0n) is 15.4. The molecule has 7 heteroatoms. The van der Waals surface area contributed by atoms with E-state index in [1.54, 1.807) is 0 Å². The molecule has 2 aliphatic heterocycles. The maximum atomic E-state index is 11.1. The molecule has 0 spiro atoms. The number of benzene rings is 1. The van der Waals surface area contributed by atoms with Crippen LogP contribution < -0.4 is 15.0 Å². The molecule has 1 saturated heterocycles. The average molecular weight is 368 g/mol. The summed E-state index contributed by atoms with van der Waals surface area (Å²) in [6, 6.07) is 6.10. The molecule has 2 aromatic rings. The van der Waals surface area contributed by atoms with Gasteiger partial charge in [0.15, 0.2) is 0 Å². The second-order valence-electron chi connectivity index (χ2n) is 7.11. The molecule has 1 unspecified atom stereocenters. The van der Waals surface area contributed by atoms with Gasteiger partial charge in [0.05, 0.1) is 18.2 Å². The summed E-state index contributed by atoms with van der Waals surface area (Å²) in [6.07, 6.45) is 6.07. The lowest BCUT2D eigenvalue weighted by Crippen LogP contribution is -2.37. The van der Waals surface area contributed by atoms with Crippen molar-refractivity contribution in [3.63, 3.8) is 0 Å². The highest BCUT2D eigenvalue weighted by molar-refractivity contribution is 5.71. The summed E-state index contributed by atoms with van der Waals surface area (Å²) in [5.41, 5.74) is 2.97. The molecule has 2 N–H and O–H groups in total. The standard InChI is InChI=1S/C20H24N4O3/c1-2-16-12-21-17-4-3-14(9-18(17)27-16)15-10-22-20(23-11-15)24-7-5-13(6-8-24)19(25)26/h3-4,9-11,13,16,21H,2,5-8,12H2,1H3,(H,25,26). The maximum Gasteiger partial charge on any atom is 0.306 e. The molecule has 0 amide bonds. The number of anilines is 2. The van der Waals surface area contributed by atoms with Crippen LogP contribution in [0.15, 0.2) is 30.6 Å². The average Bonchev–Trinajstić information content (AvgIpc) is 2.73. The van der Waals surface area contributed by atoms with E-state index in [1.165, 1.54) is 0 Å². The van der Waals surface area contributed by atoms with Crippen molar-refractivity contribution in [3.05, 3.63) is 30.6 Å². The molecule has 1 fully saturated rings. The van der Waals surface area contributed by atoms with Crippen LogP contribution in [0.25, 0.3) is 11.1 Å². The minimum absolute atomic E-state index is 0.195. The van der Waals surface area contributed by atoms with Gasteiger partial charge in [-0.1, -0.05) is 13.0 Å². The first-order valence-corrected chi connectivity index (χ1v) is 9.48. The van der Waals surface area contributed by atoms with E-state index >= 15 is 0 Å². The SMILES string of the molecule is CCC1CNc2ccc(-c3cnc(N4CCC(C(=O)O)CC4)nc3)cc2O1. The maximum absolute atomic E-state index is 11.1. The largest absolute Gasteiger partial charge is 0.486 e. The topological polar surface area (TPSA) is 87.6 Å². The van der Waals surface area contributed by atoms with Gasteiger partial charge in [0.2, 0.25) is 5.95 Å². The fourth-order valence-corrected chi connectivity index (χ4v) is 3.58. The summed E-state index contributed by atoms with van der Waals surface area (Å²) >= 11 is 0. The van der Waals surface area contributed by atoms with Crippen molar-refractivity contribution in [2.45, 2.75) is 32.3 Å². The molecule has 7 nitrogen and oxygen atoms in total. The van der Waals surface area contributed by atoms with E-state index in [0.717, 1.165) is 35.5 Å². The Morgan fingerprint density at radius 2 is 2.00 bits per heavy atom. The number of carboxylic acids is 1. The summed E-state index contributed by atoms with van der Waals surface area (Å²) in [5.74, 6) is 0.562. The molecule has 0 saturated carbocycles. The van der Waals surface area contributed by atoms with Crippen LogP contribution >= 0.6 is 0 Å². The number of carbonyl (C=O) groups is 1. The van der Waals surface area contributed by atoms with Crippen molar-refractivity contribution in [1.82, 2.24) is 9.97 Å². The van der Waals surface area contributed by atoms with Gasteiger partial charge in [-0.15, -0.1) is 0 Å². The van der Waals surface area contributed by atoms with Gasteiger partial charge in [-0.25, -0.2) is 9.97 Å². The third kappa shape index (κ3) is 3.67. The number of carboxylic acid groups (broad SMARTS) is 1. The molecule has 142 valence electrons. The summed E-state index contributed by atoms with van der Waals surface area (Å²) in [5, 5.41) is 12.5. The molecule has 4 rings (SSSR count). The predicted octanol–water partition coefficient (Wildman–Crippen LogP) is 3.03. The molecule has 0 radical (unpaired) electrons. The lowest BCUT2D eigenvalue weighted by Gasteiger charge is -2.30. The third-order valence-electron chi connectivity index (χ3n) is 5.35. The van der Waals surface area contributed by atoms with Crippen LogP contribution in [0.2, 0.25) is 0 Å². The Labute approximate surface area is 158 Å². The Morgan fingerprint density at radius 3 is 2.67 bits per heavy atom. The van der Waals surface area contributed by atoms with Crippen molar-refractivity contribution in [2.75, 3.05) is 29.9 Å². The number of rotatable bonds is 4. The Hall–Kier alpha value is -2.83. The van der Waals surface area contributed by atoms with Gasteiger partial charge in [0, 0.05) is 31.0 Å². The van der Waals surface area contributed by atoms with Crippen molar-refractivity contribution >= 4 is 17.6 Å². The molecule has 27 heavy (non-hydrogen) atoms. The first-order valence-electron chi connectivity index (χ1n) is 9.48. The highest BCUT2D eigenvalue weighted by atomic mass is 16.5. The number of fused-ring (bicyclic) bond motifs is 1. The van der Waals surface area contributed by atoms with E-state index in [9.17, 15) is 4.79 Å². The van der Waals surface area contributed by atoms with Crippen LogP contribution in [0, 0.1) is 5.92 Å². The van der Waals surface area contributed by atoms with E-state index < -0.39 is 5.97 Å². The van der Waals surface area contributed by atoms with Gasteiger partial charge in [-0.2, -0.15) is 0 Å². The zero-order chi connectivity index (χ0) is 18.8. The first kappa shape index (κ1) is 17.6. The van der Waals surface area contributed by atoms with Gasteiger partial charge in [0.25, 0.3) is 0 Å². The highest BCUT2D eigenvalue weighted by Crippen LogP contribution is 2.34. The van der Waals surface area contributed by atoms with Crippen LogP contribution in [-0.2, 0) is 4.79 Å². The summed E-state index contributed by atoms with van der Waals surface area (Å²) in [7, 11) is 0. The Morgan fingerprint density at radius 1 is 1.26 bits per heavy atom. The fourth-order valence-electron chi connectivity index (χ4n) is 3.58. The lowest BCUT2D eigenvalue weighted by atomic mass is 9.97. The number of nitrogens with zero attached hydrogens (tertiary/aromatic N) is 3. The quantitative estimate of drug-likeness (QED) is 0.857. The monoisotopic (exact) mass is 368 g/mol. The first-order chi connectivity index (χ1) is 13.1. The smallest absolute Gasteiger partial charge is 0.306 e. The molecule has 3 heterocycles. The Bertz CT molecular complexity index is 816. The van der Waals surface area contributed by atoms with E-state index in [4.69, 9.17) is 9.84 Å². The number of aromatic nitrogens is 2. The number of nitrogens with one attached hydrogen (secondary N) is 1. The number of hydrogen-bond donors (Lipinski definition) is 2. The summed E-state index contributed by atoms with van der Waals surface area (Å²) in [4.78, 5) is 22.1. The molecule has 1 aromatic carbocycles. The molecule has 2 aliphatic rings. The minimum atomic E-state index is -0.708. The van der Waals surface area contributed by atoms with E-state index in [0.29, 0.717) is 31.9 Å². The second kappa shape index (κ2) is 7.42. The second-order valence-corrected chi connectivity index (χ2v) is 7.11. The number of hydrogen-bond acceptors (Lipinski definition) is 6.